The highest BCUT2D eigenvalue weighted by molar-refractivity contribution is 7.78. The maximum Gasteiger partial charge on any atom is 0.0588 e. The molecule has 3 unspecified atom stereocenters. The van der Waals surface area contributed by atoms with Gasteiger partial charge in [0.25, 0.3) is 0 Å². The number of nitrogens with two attached hydrogens (primary N) is 1. The normalized spacial score (nSPS) is 30.0. The first kappa shape index (κ1) is 21.2. The van der Waals surface area contributed by atoms with E-state index in [1.807, 2.05) is 0 Å². The Morgan fingerprint density at radius 1 is 1.12 bits per heavy atom. The molecular formula is C22H37NS. The van der Waals surface area contributed by atoms with E-state index in [1.165, 1.54) is 38.5 Å². The molecule has 2 saturated carbocycles. The molecule has 2 bridgehead atoms. The van der Waals surface area contributed by atoms with Crippen LogP contribution in [0.15, 0.2) is 30.3 Å². The van der Waals surface area contributed by atoms with Crippen LogP contribution in [0.25, 0.3) is 0 Å². The molecule has 2 aliphatic carbocycles. The van der Waals surface area contributed by atoms with Crippen molar-refractivity contribution in [2.75, 3.05) is 0 Å². The topological polar surface area (TPSA) is 26.0 Å². The predicted molar refractivity (Wildman–Crippen MR) is 111 cm³/mol. The zero-order chi connectivity index (χ0) is 18.2. The second kappa shape index (κ2) is 9.56. The number of hydrogen-bond acceptors (Lipinski definition) is 1. The molecule has 136 valence electrons. The summed E-state index contributed by atoms with van der Waals surface area (Å²) in [4.78, 5) is 0. The second-order valence-electron chi connectivity index (χ2n) is 8.65. The summed E-state index contributed by atoms with van der Waals surface area (Å²) in [5.74, 6) is 1.86. The van der Waals surface area contributed by atoms with Crippen LogP contribution in [0.3, 0.4) is 0 Å². The van der Waals surface area contributed by atoms with E-state index in [-0.39, 0.29) is 0 Å². The summed E-state index contributed by atoms with van der Waals surface area (Å²) in [5, 5.41) is 0. The highest BCUT2D eigenvalue weighted by atomic mass is 32.1. The van der Waals surface area contributed by atoms with Crippen molar-refractivity contribution in [3.05, 3.63) is 35.9 Å². The summed E-state index contributed by atoms with van der Waals surface area (Å²) in [6.45, 7) is 11.7. The van der Waals surface area contributed by atoms with E-state index in [1.54, 1.807) is 5.56 Å². The molecule has 2 heteroatoms. The van der Waals surface area contributed by atoms with Crippen LogP contribution in [-0.2, 0) is 5.41 Å². The first-order chi connectivity index (χ1) is 11.3. The minimum atomic E-state index is 0.478. The van der Waals surface area contributed by atoms with Crippen molar-refractivity contribution in [2.45, 2.75) is 78.6 Å². The van der Waals surface area contributed by atoms with Crippen LogP contribution < -0.4 is 5.73 Å². The van der Waals surface area contributed by atoms with Crippen LogP contribution in [0.4, 0.5) is 0 Å². The van der Waals surface area contributed by atoms with Gasteiger partial charge < -0.3 is 5.73 Å². The molecule has 1 aromatic rings. The molecule has 2 N–H and O–H groups in total. The third-order valence-electron chi connectivity index (χ3n) is 5.20. The number of rotatable bonds is 1. The third kappa shape index (κ3) is 5.88. The van der Waals surface area contributed by atoms with Gasteiger partial charge in [0.05, 0.1) is 5.49 Å². The monoisotopic (exact) mass is 347 g/mol. The lowest BCUT2D eigenvalue weighted by Crippen LogP contribution is -2.45. The van der Waals surface area contributed by atoms with E-state index in [9.17, 15) is 0 Å². The molecule has 0 radical (unpaired) electrons. The Morgan fingerprint density at radius 2 is 1.67 bits per heavy atom. The molecule has 0 spiro atoms. The van der Waals surface area contributed by atoms with Crippen LogP contribution in [0.2, 0.25) is 0 Å². The molecular weight excluding hydrogens is 310 g/mol. The zero-order valence-electron chi connectivity index (χ0n) is 16.3. The van der Waals surface area contributed by atoms with Gasteiger partial charge in [0.2, 0.25) is 0 Å². The molecule has 1 aromatic carbocycles. The lowest BCUT2D eigenvalue weighted by atomic mass is 9.51. The van der Waals surface area contributed by atoms with E-state index in [4.69, 9.17) is 0 Å². The average molecular weight is 348 g/mol. The summed E-state index contributed by atoms with van der Waals surface area (Å²) in [6, 6.07) is 11.3. The highest BCUT2D eigenvalue weighted by Crippen LogP contribution is 2.57. The smallest absolute Gasteiger partial charge is 0.0588 e. The van der Waals surface area contributed by atoms with Gasteiger partial charge in [-0.15, -0.1) is 0 Å². The van der Waals surface area contributed by atoms with Crippen LogP contribution in [0.5, 0.6) is 0 Å². The molecule has 24 heavy (non-hydrogen) atoms. The fourth-order valence-corrected chi connectivity index (χ4v) is 5.24. The van der Waals surface area contributed by atoms with Crippen LogP contribution in [0.1, 0.15) is 78.7 Å². The summed E-state index contributed by atoms with van der Waals surface area (Å²) < 4.78 is 0. The van der Waals surface area contributed by atoms with Crippen molar-refractivity contribution in [1.82, 2.24) is 0 Å². The Balaban J connectivity index is 0.000000423. The molecule has 0 heterocycles. The fraction of sp³-hybridized carbons (Fsp3) is 0.682. The van der Waals surface area contributed by atoms with E-state index < -0.39 is 0 Å². The molecule has 3 rings (SSSR count). The lowest BCUT2D eigenvalue weighted by Gasteiger charge is -2.54. The van der Waals surface area contributed by atoms with Crippen molar-refractivity contribution in [3.63, 3.8) is 0 Å². The number of fused-ring (bicyclic) bond motifs is 2. The van der Waals surface area contributed by atoms with Crippen molar-refractivity contribution < 1.29 is 0 Å². The summed E-state index contributed by atoms with van der Waals surface area (Å²) in [6.07, 6.45) is 8.36. The van der Waals surface area contributed by atoms with Gasteiger partial charge in [0.15, 0.2) is 0 Å². The number of hydrogen-bond donors (Lipinski definition) is 1. The van der Waals surface area contributed by atoms with Gasteiger partial charge >= 0.3 is 0 Å². The maximum atomic E-state index is 4.54. The zero-order valence-corrected chi connectivity index (χ0v) is 17.2. The summed E-state index contributed by atoms with van der Waals surface area (Å²) >= 11 is 4.05. The Kier molecular flexibility index (Phi) is 8.42. The molecule has 1 nitrogen and oxygen atoms in total. The minimum Gasteiger partial charge on any atom is -0.396 e. The molecule has 0 aromatic heterocycles. The van der Waals surface area contributed by atoms with Crippen molar-refractivity contribution >= 4 is 17.7 Å². The van der Waals surface area contributed by atoms with Gasteiger partial charge in [-0.2, -0.15) is 0 Å². The first-order valence-corrected chi connectivity index (χ1v) is 10.0. The standard InChI is InChI=1S/C18H26.C3H8.CH3NS/c1-14-9-15-11-17(2,3)13-18(10-14,12-15)16-7-5-4-6-8-16;1-3-2;2-1-3/h4-8,14-15H,9-13H2,1-3H3;3H2,1-2H3;1H,(H2,2,3). The van der Waals surface area contributed by atoms with Crippen LogP contribution in [0, 0.1) is 17.3 Å². The molecule has 0 amide bonds. The Bertz CT molecular complexity index is 478. The van der Waals surface area contributed by atoms with Crippen molar-refractivity contribution in [3.8, 4) is 0 Å². The second-order valence-corrected chi connectivity index (χ2v) is 8.92. The minimum absolute atomic E-state index is 0.478. The van der Waals surface area contributed by atoms with E-state index in [0.717, 1.165) is 17.3 Å². The van der Waals surface area contributed by atoms with Crippen LogP contribution >= 0.6 is 12.2 Å². The fourth-order valence-electron chi connectivity index (χ4n) is 5.24. The highest BCUT2D eigenvalue weighted by Gasteiger charge is 2.48. The van der Waals surface area contributed by atoms with Crippen molar-refractivity contribution in [1.29, 1.82) is 0 Å². The third-order valence-corrected chi connectivity index (χ3v) is 5.20. The lowest BCUT2D eigenvalue weighted by molar-refractivity contribution is 0.0307. The molecule has 2 aliphatic rings. The van der Waals surface area contributed by atoms with Gasteiger partial charge in [-0.25, -0.2) is 0 Å². The SMILES string of the molecule is CC1CC2CC(C)(C)CC(c3ccccc3)(C1)C2.CCC.NC=S. The summed E-state index contributed by atoms with van der Waals surface area (Å²) in [7, 11) is 0. The van der Waals surface area contributed by atoms with Gasteiger partial charge in [0.1, 0.15) is 0 Å². The first-order valence-electron chi connectivity index (χ1n) is 9.53. The van der Waals surface area contributed by atoms with E-state index in [0.29, 0.717) is 10.8 Å². The van der Waals surface area contributed by atoms with Crippen molar-refractivity contribution in [2.24, 2.45) is 23.0 Å². The molecule has 3 atom stereocenters. The van der Waals surface area contributed by atoms with Gasteiger partial charge in [-0.1, -0.05) is 83.6 Å². The molecule has 0 saturated heterocycles. The molecule has 0 aliphatic heterocycles. The Morgan fingerprint density at radius 3 is 2.21 bits per heavy atom. The average Bonchev–Trinajstić information content (AvgIpc) is 2.47. The Labute approximate surface area is 155 Å². The van der Waals surface area contributed by atoms with E-state index in [2.05, 4.69) is 82.9 Å². The maximum absolute atomic E-state index is 4.54. The predicted octanol–water partition coefficient (Wildman–Crippen LogP) is 6.50. The Hall–Kier alpha value is -0.890. The largest absolute Gasteiger partial charge is 0.396 e. The van der Waals surface area contributed by atoms with Crippen LogP contribution in [-0.4, -0.2) is 5.49 Å². The number of thiocarbonyl (C=S) groups is 1. The van der Waals surface area contributed by atoms with Gasteiger partial charge in [-0.3, -0.25) is 0 Å². The number of benzene rings is 1. The van der Waals surface area contributed by atoms with E-state index >= 15 is 0 Å². The van der Waals surface area contributed by atoms with Gasteiger partial charge in [0, 0.05) is 0 Å². The van der Waals surface area contributed by atoms with Gasteiger partial charge in [-0.05, 0) is 60.3 Å². The molecule has 2 fully saturated rings. The quantitative estimate of drug-likeness (QED) is 0.587. The summed E-state index contributed by atoms with van der Waals surface area (Å²) in [5.41, 5.74) is 8.23.